The summed E-state index contributed by atoms with van der Waals surface area (Å²) >= 11 is 0. The highest BCUT2D eigenvalue weighted by Gasteiger charge is 2.10. The predicted octanol–water partition coefficient (Wildman–Crippen LogP) is 4.00. The number of aliphatic hydroxyl groups excluding tert-OH is 1. The fourth-order valence-corrected chi connectivity index (χ4v) is 2.73. The summed E-state index contributed by atoms with van der Waals surface area (Å²) in [6.07, 6.45) is 0. The Morgan fingerprint density at radius 2 is 1.52 bits per heavy atom. The molecular weight excluding hydrogens is 309 g/mol. The van der Waals surface area contributed by atoms with Gasteiger partial charge in [0.15, 0.2) is 5.30 Å². The van der Waals surface area contributed by atoms with E-state index in [2.05, 4.69) is 22.1 Å². The van der Waals surface area contributed by atoms with Gasteiger partial charge in [-0.3, -0.25) is 0 Å². The van der Waals surface area contributed by atoms with Gasteiger partial charge in [0.25, 0.3) is 0 Å². The quantitative estimate of drug-likeness (QED) is 0.616. The molecule has 23 heavy (non-hydrogen) atoms. The number of benzene rings is 2. The predicted molar refractivity (Wildman–Crippen MR) is 95.2 cm³/mol. The third kappa shape index (κ3) is 4.95. The van der Waals surface area contributed by atoms with Crippen LogP contribution in [0.25, 0.3) is 0 Å². The Morgan fingerprint density at radius 3 is 1.96 bits per heavy atom. The molecule has 2 aromatic carbocycles. The lowest BCUT2D eigenvalue weighted by molar-refractivity contribution is 0.302. The molecule has 0 bridgehead atoms. The van der Waals surface area contributed by atoms with Crippen molar-refractivity contribution >= 4 is 30.2 Å². The van der Waals surface area contributed by atoms with Crippen LogP contribution >= 0.6 is 7.80 Å². The summed E-state index contributed by atoms with van der Waals surface area (Å²) in [4.78, 5) is 2.09. The topological polar surface area (TPSA) is 65.3 Å². The maximum atomic E-state index is 11.4. The smallest absolute Gasteiger partial charge is 0.373 e. The highest BCUT2D eigenvalue weighted by atomic mass is 31.1. The van der Waals surface area contributed by atoms with E-state index in [1.54, 1.807) is 6.66 Å². The van der Waals surface area contributed by atoms with Gasteiger partial charge in [0.2, 0.25) is 0 Å². The minimum atomic E-state index is -1.32. The third-order valence-electron chi connectivity index (χ3n) is 3.46. The van der Waals surface area contributed by atoms with Crippen molar-refractivity contribution < 1.29 is 9.67 Å². The Kier molecular flexibility index (Phi) is 6.39. The van der Waals surface area contributed by atoms with Crippen LogP contribution in [0.3, 0.4) is 0 Å². The maximum Gasteiger partial charge on any atom is 0.373 e. The van der Waals surface area contributed by atoms with Gasteiger partial charge in [0.05, 0.1) is 18.0 Å². The van der Waals surface area contributed by atoms with Gasteiger partial charge in [-0.1, -0.05) is 4.57 Å². The SMILES string of the molecule is CCN(CCO)c1ccc(N=Nc2ccc([P+](C)=O)cc2)cc1. The number of aliphatic hydroxyl groups is 1. The lowest BCUT2D eigenvalue weighted by Crippen LogP contribution is -2.25. The number of azo groups is 1. The van der Waals surface area contributed by atoms with Crippen LogP contribution in [0.2, 0.25) is 0 Å². The first-order valence-corrected chi connectivity index (χ1v) is 9.23. The zero-order valence-electron chi connectivity index (χ0n) is 13.4. The van der Waals surface area contributed by atoms with E-state index in [9.17, 15) is 4.57 Å². The van der Waals surface area contributed by atoms with Crippen molar-refractivity contribution in [1.82, 2.24) is 0 Å². The summed E-state index contributed by atoms with van der Waals surface area (Å²) in [6, 6.07) is 15.0. The van der Waals surface area contributed by atoms with Crippen LogP contribution in [0.4, 0.5) is 17.1 Å². The lowest BCUT2D eigenvalue weighted by Gasteiger charge is -2.21. The van der Waals surface area contributed by atoms with Crippen molar-refractivity contribution in [2.75, 3.05) is 31.3 Å². The molecule has 0 fully saturated rings. The molecule has 0 saturated carbocycles. The van der Waals surface area contributed by atoms with Gasteiger partial charge in [-0.25, -0.2) is 0 Å². The Morgan fingerprint density at radius 1 is 1.00 bits per heavy atom. The van der Waals surface area contributed by atoms with Crippen molar-refractivity contribution in [3.8, 4) is 0 Å². The van der Waals surface area contributed by atoms with Gasteiger partial charge in [0, 0.05) is 18.8 Å². The van der Waals surface area contributed by atoms with Crippen molar-refractivity contribution in [2.24, 2.45) is 10.2 Å². The van der Waals surface area contributed by atoms with Crippen molar-refractivity contribution in [1.29, 1.82) is 0 Å². The van der Waals surface area contributed by atoms with E-state index in [0.29, 0.717) is 6.54 Å². The molecule has 0 aliphatic carbocycles. The zero-order chi connectivity index (χ0) is 16.7. The molecule has 0 spiro atoms. The first-order chi connectivity index (χ1) is 11.1. The molecule has 2 rings (SSSR count). The monoisotopic (exact) mass is 330 g/mol. The molecule has 0 aromatic heterocycles. The number of likely N-dealkylation sites (N-methyl/N-ethyl adjacent to an activating group) is 1. The summed E-state index contributed by atoms with van der Waals surface area (Å²) in [5.74, 6) is 0. The van der Waals surface area contributed by atoms with E-state index in [1.807, 2.05) is 48.5 Å². The summed E-state index contributed by atoms with van der Waals surface area (Å²) < 4.78 is 11.4. The Labute approximate surface area is 137 Å². The van der Waals surface area contributed by atoms with Gasteiger partial charge < -0.3 is 10.0 Å². The molecular formula is C17H21N3O2P+. The minimum absolute atomic E-state index is 0.134. The highest BCUT2D eigenvalue weighted by Crippen LogP contribution is 2.23. The van der Waals surface area contributed by atoms with Crippen LogP contribution < -0.4 is 10.2 Å². The summed E-state index contributed by atoms with van der Waals surface area (Å²) in [5, 5.41) is 18.3. The molecule has 120 valence electrons. The van der Waals surface area contributed by atoms with Gasteiger partial charge in [0.1, 0.15) is 6.66 Å². The second kappa shape index (κ2) is 8.51. The fraction of sp³-hybridized carbons (Fsp3) is 0.294. The average molecular weight is 330 g/mol. The highest BCUT2D eigenvalue weighted by molar-refractivity contribution is 7.52. The molecule has 0 aliphatic rings. The zero-order valence-corrected chi connectivity index (χ0v) is 14.3. The van der Waals surface area contributed by atoms with Crippen molar-refractivity contribution in [3.05, 3.63) is 48.5 Å². The van der Waals surface area contributed by atoms with Crippen LogP contribution in [0, 0.1) is 0 Å². The Bertz CT molecular complexity index is 669. The number of hydrogen-bond acceptors (Lipinski definition) is 5. The summed E-state index contributed by atoms with van der Waals surface area (Å²) in [6.45, 7) is 5.33. The summed E-state index contributed by atoms with van der Waals surface area (Å²) in [5.41, 5.74) is 2.54. The first-order valence-electron chi connectivity index (χ1n) is 7.52. The van der Waals surface area contributed by atoms with Crippen LogP contribution in [-0.4, -0.2) is 31.5 Å². The summed E-state index contributed by atoms with van der Waals surface area (Å²) in [7, 11) is -1.32. The van der Waals surface area contributed by atoms with Crippen LogP contribution in [-0.2, 0) is 4.57 Å². The first kappa shape index (κ1) is 17.3. The molecule has 0 aliphatic heterocycles. The Balaban J connectivity index is 2.06. The van der Waals surface area contributed by atoms with Crippen LogP contribution in [0.15, 0.2) is 58.8 Å². The number of hydrogen-bond donors (Lipinski definition) is 1. The largest absolute Gasteiger partial charge is 0.395 e. The van der Waals surface area contributed by atoms with E-state index in [0.717, 1.165) is 28.9 Å². The van der Waals surface area contributed by atoms with Gasteiger partial charge >= 0.3 is 7.80 Å². The van der Waals surface area contributed by atoms with E-state index in [1.165, 1.54) is 0 Å². The lowest BCUT2D eigenvalue weighted by atomic mass is 10.2. The number of nitrogens with zero attached hydrogens (tertiary/aromatic N) is 3. The maximum absolute atomic E-state index is 11.4. The standard InChI is InChI=1S/C17H21N3O2P/c1-3-20(12-13-21)16-8-4-14(5-9-16)18-19-15-6-10-17(11-7-15)23(2)22/h4-11,21H,3,12-13H2,1-2H3/q+1. The molecule has 0 heterocycles. The number of anilines is 1. The van der Waals surface area contributed by atoms with Gasteiger partial charge in [-0.05, 0) is 55.5 Å². The molecule has 5 nitrogen and oxygen atoms in total. The van der Waals surface area contributed by atoms with Gasteiger partial charge in [-0.15, -0.1) is 0 Å². The van der Waals surface area contributed by atoms with Crippen LogP contribution in [0.5, 0.6) is 0 Å². The molecule has 1 atom stereocenters. The minimum Gasteiger partial charge on any atom is -0.395 e. The second-order valence-electron chi connectivity index (χ2n) is 5.03. The molecule has 0 saturated heterocycles. The van der Waals surface area contributed by atoms with Gasteiger partial charge in [-0.2, -0.15) is 10.2 Å². The molecule has 1 unspecified atom stereocenters. The molecule has 0 amide bonds. The average Bonchev–Trinajstić information content (AvgIpc) is 2.59. The van der Waals surface area contributed by atoms with E-state index in [-0.39, 0.29) is 6.61 Å². The van der Waals surface area contributed by atoms with Crippen molar-refractivity contribution in [2.45, 2.75) is 6.92 Å². The van der Waals surface area contributed by atoms with E-state index >= 15 is 0 Å². The normalized spacial score (nSPS) is 11.7. The molecule has 0 radical (unpaired) electrons. The van der Waals surface area contributed by atoms with E-state index in [4.69, 9.17) is 5.11 Å². The molecule has 2 aromatic rings. The number of rotatable bonds is 7. The molecule has 6 heteroatoms. The molecule has 1 N–H and O–H groups in total. The van der Waals surface area contributed by atoms with E-state index < -0.39 is 7.80 Å². The second-order valence-corrected chi connectivity index (χ2v) is 6.54. The van der Waals surface area contributed by atoms with Crippen molar-refractivity contribution in [3.63, 3.8) is 0 Å². The fourth-order valence-electron chi connectivity index (χ4n) is 2.17. The van der Waals surface area contributed by atoms with Crippen LogP contribution in [0.1, 0.15) is 6.92 Å². The Hall–Kier alpha value is -2.10. The third-order valence-corrected chi connectivity index (χ3v) is 4.49.